The molecule has 1 saturated carbocycles. The number of esters is 1. The van der Waals surface area contributed by atoms with Crippen molar-refractivity contribution in [2.45, 2.75) is 51.5 Å². The van der Waals surface area contributed by atoms with Crippen LogP contribution in [0.25, 0.3) is 6.08 Å². The summed E-state index contributed by atoms with van der Waals surface area (Å²) in [6, 6.07) is 7.85. The average Bonchev–Trinajstić information content (AvgIpc) is 2.68. The molecule has 0 bridgehead atoms. The molecule has 0 atom stereocenters. The van der Waals surface area contributed by atoms with Crippen molar-refractivity contribution in [3.05, 3.63) is 35.9 Å². The minimum atomic E-state index is -0.283. The number of hydrogen-bond donors (Lipinski definition) is 0. The van der Waals surface area contributed by atoms with Gasteiger partial charge in [-0.3, -0.25) is 9.59 Å². The summed E-state index contributed by atoms with van der Waals surface area (Å²) < 4.78 is 10.1. The topological polar surface area (TPSA) is 55.8 Å². The molecule has 0 aliphatic heterocycles. The molecule has 1 aromatic rings. The molecule has 1 aliphatic carbocycles. The maximum absolute atomic E-state index is 12.7. The molecule has 2 rings (SSSR count). The summed E-state index contributed by atoms with van der Waals surface area (Å²) in [5.41, 5.74) is 0.943. The highest BCUT2D eigenvalue weighted by atomic mass is 16.5. The van der Waals surface area contributed by atoms with Crippen LogP contribution in [0.5, 0.6) is 5.75 Å². The van der Waals surface area contributed by atoms with E-state index in [1.807, 2.05) is 42.2 Å². The molecule has 0 radical (unpaired) electrons. The van der Waals surface area contributed by atoms with Crippen molar-refractivity contribution in [2.24, 2.45) is 0 Å². The third-order valence-electron chi connectivity index (χ3n) is 4.69. The van der Waals surface area contributed by atoms with E-state index >= 15 is 0 Å². The first-order chi connectivity index (χ1) is 12.6. The SMILES string of the molecule is CCOc1ccc(/C=C/C(=O)N(CCC(=O)OC)C2CCCCC2)cc1. The van der Waals surface area contributed by atoms with Crippen LogP contribution in [0.3, 0.4) is 0 Å². The minimum Gasteiger partial charge on any atom is -0.494 e. The van der Waals surface area contributed by atoms with E-state index in [-0.39, 0.29) is 24.3 Å². The fourth-order valence-electron chi connectivity index (χ4n) is 3.28. The van der Waals surface area contributed by atoms with Gasteiger partial charge >= 0.3 is 5.97 Å². The van der Waals surface area contributed by atoms with Gasteiger partial charge in [-0.2, -0.15) is 0 Å². The summed E-state index contributed by atoms with van der Waals surface area (Å²) in [6.45, 7) is 2.98. The molecular weight excluding hydrogens is 330 g/mol. The number of carbonyl (C=O) groups is 2. The molecule has 1 amide bonds. The lowest BCUT2D eigenvalue weighted by Crippen LogP contribution is -2.41. The predicted molar refractivity (Wildman–Crippen MR) is 102 cm³/mol. The Hall–Kier alpha value is -2.30. The molecule has 0 aromatic heterocycles. The van der Waals surface area contributed by atoms with Gasteiger partial charge in [0, 0.05) is 18.7 Å². The van der Waals surface area contributed by atoms with E-state index in [2.05, 4.69) is 0 Å². The zero-order valence-corrected chi connectivity index (χ0v) is 15.8. The van der Waals surface area contributed by atoms with Gasteiger partial charge in [-0.05, 0) is 43.5 Å². The predicted octanol–water partition coefficient (Wildman–Crippen LogP) is 3.82. The van der Waals surface area contributed by atoms with Gasteiger partial charge in [-0.15, -0.1) is 0 Å². The Balaban J connectivity index is 2.02. The first-order valence-electron chi connectivity index (χ1n) is 9.42. The molecule has 5 nitrogen and oxygen atoms in total. The standard InChI is InChI=1S/C21H29NO4/c1-3-26-19-12-9-17(10-13-19)11-14-20(23)22(16-15-21(24)25-2)18-7-5-4-6-8-18/h9-14,18H,3-8,15-16H2,1-2H3/b14-11+. The van der Waals surface area contributed by atoms with E-state index in [9.17, 15) is 9.59 Å². The smallest absolute Gasteiger partial charge is 0.307 e. The van der Waals surface area contributed by atoms with Crippen LogP contribution < -0.4 is 4.74 Å². The number of methoxy groups -OCH3 is 1. The van der Waals surface area contributed by atoms with E-state index in [0.717, 1.165) is 37.0 Å². The highest BCUT2D eigenvalue weighted by Gasteiger charge is 2.24. The quantitative estimate of drug-likeness (QED) is 0.523. The van der Waals surface area contributed by atoms with Crippen molar-refractivity contribution in [2.75, 3.05) is 20.3 Å². The molecular formula is C21H29NO4. The van der Waals surface area contributed by atoms with E-state index in [1.165, 1.54) is 13.5 Å². The average molecular weight is 359 g/mol. The maximum Gasteiger partial charge on any atom is 0.307 e. The maximum atomic E-state index is 12.7. The van der Waals surface area contributed by atoms with E-state index in [1.54, 1.807) is 6.08 Å². The van der Waals surface area contributed by atoms with E-state index in [0.29, 0.717) is 13.2 Å². The molecule has 0 N–H and O–H groups in total. The van der Waals surface area contributed by atoms with Gasteiger partial charge in [0.05, 0.1) is 20.1 Å². The third-order valence-corrected chi connectivity index (χ3v) is 4.69. The van der Waals surface area contributed by atoms with Crippen molar-refractivity contribution < 1.29 is 19.1 Å². The Labute approximate surface area is 156 Å². The lowest BCUT2D eigenvalue weighted by atomic mass is 9.94. The van der Waals surface area contributed by atoms with Crippen molar-refractivity contribution >= 4 is 18.0 Å². The van der Waals surface area contributed by atoms with Crippen LogP contribution >= 0.6 is 0 Å². The molecule has 1 fully saturated rings. The lowest BCUT2D eigenvalue weighted by molar-refractivity contribution is -0.141. The van der Waals surface area contributed by atoms with E-state index < -0.39 is 0 Å². The summed E-state index contributed by atoms with van der Waals surface area (Å²) in [5, 5.41) is 0. The van der Waals surface area contributed by atoms with Crippen LogP contribution in [0.2, 0.25) is 0 Å². The molecule has 1 aliphatic rings. The van der Waals surface area contributed by atoms with Crippen molar-refractivity contribution in [3.63, 3.8) is 0 Å². The van der Waals surface area contributed by atoms with Crippen LogP contribution in [0.15, 0.2) is 30.3 Å². The summed E-state index contributed by atoms with van der Waals surface area (Å²) in [4.78, 5) is 26.1. The van der Waals surface area contributed by atoms with Gasteiger partial charge in [-0.25, -0.2) is 0 Å². The van der Waals surface area contributed by atoms with E-state index in [4.69, 9.17) is 9.47 Å². The number of ether oxygens (including phenoxy) is 2. The highest BCUT2D eigenvalue weighted by Crippen LogP contribution is 2.23. The number of hydrogen-bond acceptors (Lipinski definition) is 4. The second-order valence-electron chi connectivity index (χ2n) is 6.48. The first-order valence-corrected chi connectivity index (χ1v) is 9.42. The normalized spacial score (nSPS) is 15.0. The number of carbonyl (C=O) groups excluding carboxylic acids is 2. The number of amides is 1. The van der Waals surface area contributed by atoms with Crippen molar-refractivity contribution in [3.8, 4) is 5.75 Å². The zero-order valence-electron chi connectivity index (χ0n) is 15.8. The number of benzene rings is 1. The van der Waals surface area contributed by atoms with Crippen molar-refractivity contribution in [1.29, 1.82) is 0 Å². The van der Waals surface area contributed by atoms with Crippen molar-refractivity contribution in [1.82, 2.24) is 4.90 Å². The Bertz CT molecular complexity index is 603. The second-order valence-corrected chi connectivity index (χ2v) is 6.48. The number of rotatable bonds is 8. The van der Waals surface area contributed by atoms with Gasteiger partial charge in [-0.1, -0.05) is 31.4 Å². The van der Waals surface area contributed by atoms with Gasteiger partial charge in [0.25, 0.3) is 0 Å². The molecule has 0 saturated heterocycles. The lowest BCUT2D eigenvalue weighted by Gasteiger charge is -2.33. The fraction of sp³-hybridized carbons (Fsp3) is 0.524. The molecule has 0 spiro atoms. The monoisotopic (exact) mass is 359 g/mol. The third kappa shape index (κ3) is 6.21. The Kier molecular flexibility index (Phi) is 8.19. The molecule has 1 aromatic carbocycles. The van der Waals surface area contributed by atoms with Gasteiger partial charge in [0.1, 0.15) is 5.75 Å². The van der Waals surface area contributed by atoms with Crippen LogP contribution in [0.4, 0.5) is 0 Å². The Morgan fingerprint density at radius 3 is 2.46 bits per heavy atom. The Morgan fingerprint density at radius 1 is 1.15 bits per heavy atom. The summed E-state index contributed by atoms with van der Waals surface area (Å²) >= 11 is 0. The summed E-state index contributed by atoms with van der Waals surface area (Å²) in [6.07, 6.45) is 9.14. The van der Waals surface area contributed by atoms with Crippen LogP contribution in [-0.4, -0.2) is 43.1 Å². The summed E-state index contributed by atoms with van der Waals surface area (Å²) in [7, 11) is 1.38. The number of nitrogens with zero attached hydrogens (tertiary/aromatic N) is 1. The summed E-state index contributed by atoms with van der Waals surface area (Å²) in [5.74, 6) is 0.488. The highest BCUT2D eigenvalue weighted by molar-refractivity contribution is 5.92. The Morgan fingerprint density at radius 2 is 1.85 bits per heavy atom. The largest absolute Gasteiger partial charge is 0.494 e. The second kappa shape index (κ2) is 10.6. The van der Waals surface area contributed by atoms with Crippen LogP contribution in [0, 0.1) is 0 Å². The molecule has 26 heavy (non-hydrogen) atoms. The van der Waals surface area contributed by atoms with Crippen LogP contribution in [0.1, 0.15) is 51.0 Å². The molecule has 0 unspecified atom stereocenters. The fourth-order valence-corrected chi connectivity index (χ4v) is 3.28. The first kappa shape index (κ1) is 20.0. The molecule has 5 heteroatoms. The van der Waals surface area contributed by atoms with Crippen LogP contribution in [-0.2, 0) is 14.3 Å². The minimum absolute atomic E-state index is 0.0466. The van der Waals surface area contributed by atoms with Gasteiger partial charge in [0.15, 0.2) is 0 Å². The molecule has 0 heterocycles. The van der Waals surface area contributed by atoms with Gasteiger partial charge < -0.3 is 14.4 Å². The zero-order chi connectivity index (χ0) is 18.8. The molecule has 142 valence electrons. The van der Waals surface area contributed by atoms with Gasteiger partial charge in [0.2, 0.25) is 5.91 Å².